The third-order valence-electron chi connectivity index (χ3n) is 16.8. The molecule has 4 unspecified atom stereocenters. The minimum Gasteiger partial charge on any atom is -0.323 e. The standard InChI is InChI=1S/C39H41N5O4S.C33H37N5O2/c1-43(2)18-7-10-35(45)22-28-13-15-31(16-14-28)38(46)23-30-9-6-8-29(20-30)21-34-25-37(42-27-41-34)33-24-32-17-19-44(39(32)40-26-33)49(47,48)36-11-4-3-5-12-36;1-38(2)15-5-10-33(40)37-28-13-11-25(12-14-28)32(39)18-24-7-3-6-23(16-24)17-29-20-31(36-22-35-29)27-19-26-8-4-9-30(26)34-21-27/h3-5,7,10-17,19,24-27,29-30H,6,8-9,18,20-23H2,1-2H3;4-5,8,10-14,19-24H,3,6-7,9,15-18H2,1-2H3,(H,37,40)/b10-7+;10-5+. The Hall–Kier alpha value is -8.77. The fourth-order valence-electron chi connectivity index (χ4n) is 12.3. The third kappa shape index (κ3) is 17.5. The van der Waals surface area contributed by atoms with Crippen molar-refractivity contribution < 1.29 is 27.6 Å². The normalized spacial score (nSPS) is 17.5. The van der Waals surface area contributed by atoms with Gasteiger partial charge < -0.3 is 15.1 Å². The van der Waals surface area contributed by atoms with E-state index in [9.17, 15) is 27.6 Å². The van der Waals surface area contributed by atoms with Gasteiger partial charge >= 0.3 is 0 Å². The van der Waals surface area contributed by atoms with Gasteiger partial charge in [0.05, 0.1) is 22.0 Å². The summed E-state index contributed by atoms with van der Waals surface area (Å²) in [6.45, 7) is 1.42. The lowest BCUT2D eigenvalue weighted by Gasteiger charge is -2.28. The van der Waals surface area contributed by atoms with Gasteiger partial charge in [0.15, 0.2) is 23.0 Å². The molecule has 2 fully saturated rings. The quantitative estimate of drug-likeness (QED) is 0.0468. The Morgan fingerprint density at radius 3 is 1.79 bits per heavy atom. The van der Waals surface area contributed by atoms with E-state index in [1.54, 1.807) is 73.5 Å². The smallest absolute Gasteiger partial charge is 0.269 e. The summed E-state index contributed by atoms with van der Waals surface area (Å²) in [6.07, 6.45) is 32.0. The van der Waals surface area contributed by atoms with E-state index < -0.39 is 10.0 Å². The summed E-state index contributed by atoms with van der Waals surface area (Å²) >= 11 is 0. The summed E-state index contributed by atoms with van der Waals surface area (Å²) in [7, 11) is 4.05. The SMILES string of the molecule is CN(C)C/C=C/C(=O)Cc1ccc(C(=O)CC2CCCC(Cc3cc(-c4cnc5c(ccn5S(=O)(=O)c5ccccc5)c4)ncn3)C2)cc1.CN(C)C/C=C/C(=O)Nc1ccc(C(=O)CC2CCCC(Cc3cc(-c4cnc5c(c4)C=CC5)ncn3)C2)cc1. The Balaban J connectivity index is 0.000000200. The molecule has 2 saturated carbocycles. The van der Waals surface area contributed by atoms with Gasteiger partial charge in [-0.1, -0.05) is 92.5 Å². The van der Waals surface area contributed by atoms with Gasteiger partial charge in [-0.25, -0.2) is 37.3 Å². The zero-order valence-electron chi connectivity index (χ0n) is 51.2. The summed E-state index contributed by atoms with van der Waals surface area (Å²) < 4.78 is 27.6. The van der Waals surface area contributed by atoms with Crippen molar-refractivity contribution >= 4 is 56.1 Å². The summed E-state index contributed by atoms with van der Waals surface area (Å²) in [5.41, 5.74) is 11.1. The van der Waals surface area contributed by atoms with Gasteiger partial charge in [0, 0.05) is 108 Å². The monoisotopic (exact) mass is 1210 g/mol. The van der Waals surface area contributed by atoms with E-state index in [2.05, 4.69) is 59.5 Å². The first-order valence-electron chi connectivity index (χ1n) is 30.9. The number of amides is 1. The zero-order valence-corrected chi connectivity index (χ0v) is 52.1. The average Bonchev–Trinajstić information content (AvgIpc) is 3.62. The second kappa shape index (κ2) is 30.0. The molecule has 8 aromatic rings. The summed E-state index contributed by atoms with van der Waals surface area (Å²) in [5.74, 6) is 1.80. The molecule has 0 saturated heterocycles. The molecule has 3 aliphatic carbocycles. The van der Waals surface area contributed by atoms with Crippen LogP contribution in [0.4, 0.5) is 5.69 Å². The summed E-state index contributed by atoms with van der Waals surface area (Å²) in [4.78, 5) is 82.0. The number of hydrogen-bond donors (Lipinski definition) is 1. The number of Topliss-reactive ketones (excluding diaryl/α,β-unsaturated/α-hetero) is 2. The van der Waals surface area contributed by atoms with Crippen LogP contribution in [-0.4, -0.2) is 117 Å². The molecule has 0 spiro atoms. The molecular weight excluding hydrogens is 1130 g/mol. The highest BCUT2D eigenvalue weighted by Gasteiger charge is 2.28. The lowest BCUT2D eigenvalue weighted by Crippen LogP contribution is -2.20. The lowest BCUT2D eigenvalue weighted by molar-refractivity contribution is -0.114. The highest BCUT2D eigenvalue weighted by atomic mass is 32.2. The number of hydrogen-bond acceptors (Lipinski definition) is 14. The molecule has 4 atom stereocenters. The number of ketones is 3. The number of pyridine rings is 2. The molecule has 16 nitrogen and oxygen atoms in total. The van der Waals surface area contributed by atoms with Crippen molar-refractivity contribution in [3.05, 3.63) is 210 Å². The largest absolute Gasteiger partial charge is 0.323 e. The maximum Gasteiger partial charge on any atom is 0.269 e. The van der Waals surface area contributed by atoms with Crippen molar-refractivity contribution in [1.82, 2.24) is 43.7 Å². The van der Waals surface area contributed by atoms with Crippen LogP contribution in [0, 0.1) is 23.7 Å². The molecule has 3 aromatic carbocycles. The van der Waals surface area contributed by atoms with Crippen LogP contribution in [0.1, 0.15) is 113 Å². The van der Waals surface area contributed by atoms with E-state index in [0.717, 1.165) is 122 Å². The van der Waals surface area contributed by atoms with E-state index >= 15 is 0 Å². The van der Waals surface area contributed by atoms with E-state index in [1.165, 1.54) is 21.8 Å². The molecule has 1 amide bonds. The number of benzene rings is 3. The minimum absolute atomic E-state index is 0.0505. The van der Waals surface area contributed by atoms with Crippen molar-refractivity contribution in [3.63, 3.8) is 0 Å². The molecule has 0 aliphatic heterocycles. The van der Waals surface area contributed by atoms with E-state index in [1.807, 2.05) is 105 Å². The topological polar surface area (TPSA) is 203 Å². The Bertz CT molecular complexity index is 3990. The van der Waals surface area contributed by atoms with Crippen LogP contribution in [0.3, 0.4) is 0 Å². The number of allylic oxidation sites excluding steroid dienone is 2. The number of nitrogens with one attached hydrogen (secondary N) is 1. The third-order valence-corrected chi connectivity index (χ3v) is 18.5. The first-order chi connectivity index (χ1) is 43.1. The molecule has 1 N–H and O–H groups in total. The summed E-state index contributed by atoms with van der Waals surface area (Å²) in [5, 5.41) is 3.55. The van der Waals surface area contributed by atoms with Gasteiger partial charge in [-0.3, -0.25) is 24.2 Å². The number of anilines is 1. The molecule has 0 bridgehead atoms. The number of carbonyl (C=O) groups is 4. The van der Waals surface area contributed by atoms with Crippen LogP contribution in [0.2, 0.25) is 0 Å². The van der Waals surface area contributed by atoms with Gasteiger partial charge in [0.2, 0.25) is 5.91 Å². The Labute approximate surface area is 522 Å². The van der Waals surface area contributed by atoms with Gasteiger partial charge in [-0.2, -0.15) is 0 Å². The maximum absolute atomic E-state index is 13.2. The summed E-state index contributed by atoms with van der Waals surface area (Å²) in [6, 6.07) is 32.9. The number of nitrogens with zero attached hydrogens (tertiary/aromatic N) is 9. The van der Waals surface area contributed by atoms with E-state index in [0.29, 0.717) is 77.3 Å². The Morgan fingerprint density at radius 1 is 0.618 bits per heavy atom. The minimum atomic E-state index is -3.77. The Kier molecular flexibility index (Phi) is 21.3. The van der Waals surface area contributed by atoms with Gasteiger partial charge in [-0.15, -0.1) is 0 Å². The van der Waals surface area contributed by atoms with Crippen LogP contribution in [0.25, 0.3) is 39.6 Å². The molecule has 3 aliphatic rings. The first-order valence-corrected chi connectivity index (χ1v) is 32.3. The van der Waals surface area contributed by atoms with Crippen LogP contribution < -0.4 is 5.32 Å². The van der Waals surface area contributed by atoms with E-state index in [-0.39, 0.29) is 28.2 Å². The predicted molar refractivity (Wildman–Crippen MR) is 350 cm³/mol. The molecule has 89 heavy (non-hydrogen) atoms. The number of rotatable bonds is 23. The fraction of sp³-hybridized carbons (Fsp3) is 0.333. The van der Waals surface area contributed by atoms with Gasteiger partial charge in [-0.05, 0) is 174 Å². The number of carbonyl (C=O) groups excluding carboxylic acids is 4. The molecule has 5 aromatic heterocycles. The van der Waals surface area contributed by atoms with Crippen molar-refractivity contribution in [1.29, 1.82) is 0 Å². The molecule has 0 radical (unpaired) electrons. The van der Waals surface area contributed by atoms with Crippen LogP contribution in [0.15, 0.2) is 176 Å². The molecule has 17 heteroatoms. The van der Waals surface area contributed by atoms with Crippen molar-refractivity contribution in [2.24, 2.45) is 23.7 Å². The molecular formula is C72H78N10O6S. The maximum atomic E-state index is 13.2. The second-order valence-corrected chi connectivity index (χ2v) is 26.2. The average molecular weight is 1210 g/mol. The number of fused-ring (bicyclic) bond motifs is 2. The second-order valence-electron chi connectivity index (χ2n) is 24.4. The number of likely N-dealkylation sites (N-methyl/N-ethyl adjacent to an activating group) is 2. The fourth-order valence-corrected chi connectivity index (χ4v) is 13.6. The van der Waals surface area contributed by atoms with Gasteiger partial charge in [0.1, 0.15) is 12.7 Å². The number of aromatic nitrogens is 7. The van der Waals surface area contributed by atoms with Crippen LogP contribution in [-0.2, 0) is 45.3 Å². The Morgan fingerprint density at radius 2 is 1.18 bits per heavy atom. The zero-order chi connectivity index (χ0) is 62.3. The van der Waals surface area contributed by atoms with E-state index in [4.69, 9.17) is 0 Å². The lowest BCUT2D eigenvalue weighted by atomic mass is 9.77. The molecule has 458 valence electrons. The van der Waals surface area contributed by atoms with Crippen molar-refractivity contribution in [2.45, 2.75) is 94.8 Å². The van der Waals surface area contributed by atoms with Crippen molar-refractivity contribution in [2.75, 3.05) is 46.6 Å². The first kappa shape index (κ1) is 63.3. The predicted octanol–water partition coefficient (Wildman–Crippen LogP) is 12.4. The van der Waals surface area contributed by atoms with Crippen molar-refractivity contribution in [3.8, 4) is 22.5 Å². The van der Waals surface area contributed by atoms with Gasteiger partial charge in [0.25, 0.3) is 10.0 Å². The highest BCUT2D eigenvalue weighted by Crippen LogP contribution is 2.36. The highest BCUT2D eigenvalue weighted by molar-refractivity contribution is 7.90. The van der Waals surface area contributed by atoms with Crippen LogP contribution in [0.5, 0.6) is 0 Å². The molecule has 5 heterocycles. The molecule has 11 rings (SSSR count). The van der Waals surface area contributed by atoms with Crippen LogP contribution >= 0.6 is 0 Å².